The van der Waals surface area contributed by atoms with E-state index in [0.29, 0.717) is 16.5 Å². The summed E-state index contributed by atoms with van der Waals surface area (Å²) >= 11 is 10.3. The first-order chi connectivity index (χ1) is 9.65. The van der Waals surface area contributed by atoms with Gasteiger partial charge in [-0.2, -0.15) is 23.5 Å². The average Bonchev–Trinajstić information content (AvgIpc) is 2.46. The molecule has 1 aromatic rings. The fourth-order valence-electron chi connectivity index (χ4n) is 2.62. The van der Waals surface area contributed by atoms with E-state index in [1.54, 1.807) is 7.11 Å². The minimum absolute atomic E-state index is 0.440. The SMILES string of the molecule is CNC(Cc1cc(Cl)ccc1OC)C1SCCSC1C. The largest absolute Gasteiger partial charge is 0.496 e. The minimum atomic E-state index is 0.440. The van der Waals surface area contributed by atoms with Gasteiger partial charge in [-0.15, -0.1) is 0 Å². The van der Waals surface area contributed by atoms with Crippen molar-refractivity contribution in [2.75, 3.05) is 25.7 Å². The van der Waals surface area contributed by atoms with Crippen molar-refractivity contribution >= 4 is 35.1 Å². The molecule has 1 saturated heterocycles. The monoisotopic (exact) mass is 331 g/mol. The van der Waals surface area contributed by atoms with Crippen LogP contribution >= 0.6 is 35.1 Å². The summed E-state index contributed by atoms with van der Waals surface area (Å²) in [6, 6.07) is 6.30. The summed E-state index contributed by atoms with van der Waals surface area (Å²) in [5.41, 5.74) is 1.18. The molecule has 0 bridgehead atoms. The molecule has 1 aromatic carbocycles. The van der Waals surface area contributed by atoms with Gasteiger partial charge < -0.3 is 10.1 Å². The molecule has 112 valence electrons. The van der Waals surface area contributed by atoms with Crippen LogP contribution in [0.4, 0.5) is 0 Å². The van der Waals surface area contributed by atoms with Crippen LogP contribution in [0.5, 0.6) is 5.75 Å². The van der Waals surface area contributed by atoms with Crippen LogP contribution in [0.15, 0.2) is 18.2 Å². The Kier molecular flexibility index (Phi) is 6.40. The first-order valence-corrected chi connectivity index (χ1v) is 9.36. The molecule has 1 heterocycles. The highest BCUT2D eigenvalue weighted by molar-refractivity contribution is 8.07. The van der Waals surface area contributed by atoms with Crippen LogP contribution in [0.1, 0.15) is 12.5 Å². The molecular formula is C15H22ClNOS2. The van der Waals surface area contributed by atoms with Gasteiger partial charge in [0.05, 0.1) is 7.11 Å². The number of halogens is 1. The number of thioether (sulfide) groups is 2. The van der Waals surface area contributed by atoms with Crippen LogP contribution in [0.3, 0.4) is 0 Å². The molecule has 1 N–H and O–H groups in total. The van der Waals surface area contributed by atoms with Crippen LogP contribution < -0.4 is 10.1 Å². The average molecular weight is 332 g/mol. The van der Waals surface area contributed by atoms with Crippen molar-refractivity contribution in [1.82, 2.24) is 5.32 Å². The number of rotatable bonds is 5. The molecule has 3 atom stereocenters. The van der Waals surface area contributed by atoms with Crippen LogP contribution in [0.2, 0.25) is 5.02 Å². The van der Waals surface area contributed by atoms with Gasteiger partial charge in [0.1, 0.15) is 5.75 Å². The van der Waals surface area contributed by atoms with E-state index in [9.17, 15) is 0 Å². The quantitative estimate of drug-likeness (QED) is 0.887. The zero-order chi connectivity index (χ0) is 14.5. The predicted octanol–water partition coefficient (Wildman–Crippen LogP) is 3.72. The Morgan fingerprint density at radius 1 is 1.40 bits per heavy atom. The molecule has 0 spiro atoms. The Bertz CT molecular complexity index is 444. The van der Waals surface area contributed by atoms with Gasteiger partial charge in [0, 0.05) is 33.1 Å². The van der Waals surface area contributed by atoms with Gasteiger partial charge in [-0.1, -0.05) is 18.5 Å². The number of hydrogen-bond donors (Lipinski definition) is 1. The third-order valence-electron chi connectivity index (χ3n) is 3.69. The molecule has 0 saturated carbocycles. The van der Waals surface area contributed by atoms with E-state index >= 15 is 0 Å². The first kappa shape index (κ1) is 16.3. The van der Waals surface area contributed by atoms with E-state index in [2.05, 4.69) is 35.8 Å². The van der Waals surface area contributed by atoms with Crippen LogP contribution in [-0.2, 0) is 6.42 Å². The van der Waals surface area contributed by atoms with E-state index in [1.165, 1.54) is 17.1 Å². The number of benzene rings is 1. The number of nitrogens with one attached hydrogen (secondary N) is 1. The van der Waals surface area contributed by atoms with Crippen molar-refractivity contribution in [3.63, 3.8) is 0 Å². The lowest BCUT2D eigenvalue weighted by Crippen LogP contribution is -2.44. The van der Waals surface area contributed by atoms with Crippen LogP contribution in [0.25, 0.3) is 0 Å². The summed E-state index contributed by atoms with van der Waals surface area (Å²) in [6.07, 6.45) is 0.947. The molecule has 1 fully saturated rings. The smallest absolute Gasteiger partial charge is 0.122 e. The Labute approximate surface area is 135 Å². The first-order valence-electron chi connectivity index (χ1n) is 6.88. The highest BCUT2D eigenvalue weighted by Gasteiger charge is 2.30. The molecular weight excluding hydrogens is 310 g/mol. The van der Waals surface area contributed by atoms with Gasteiger partial charge in [-0.05, 0) is 37.2 Å². The topological polar surface area (TPSA) is 21.3 Å². The molecule has 0 aromatic heterocycles. The number of likely N-dealkylation sites (N-methyl/N-ethyl adjacent to an activating group) is 1. The van der Waals surface area contributed by atoms with Crippen LogP contribution in [0, 0.1) is 0 Å². The second kappa shape index (κ2) is 7.83. The highest BCUT2D eigenvalue weighted by atomic mass is 35.5. The molecule has 0 amide bonds. The standard InChI is InChI=1S/C15H22ClNOS2/c1-10-15(20-7-6-19-10)13(17-2)9-11-8-12(16)4-5-14(11)18-3/h4-5,8,10,13,15,17H,6-7,9H2,1-3H3. The minimum Gasteiger partial charge on any atom is -0.496 e. The van der Waals surface area contributed by atoms with Crippen molar-refractivity contribution in [2.24, 2.45) is 0 Å². The Balaban J connectivity index is 2.15. The van der Waals surface area contributed by atoms with Crippen molar-refractivity contribution < 1.29 is 4.74 Å². The third kappa shape index (κ3) is 4.00. The lowest BCUT2D eigenvalue weighted by Gasteiger charge is -2.34. The summed E-state index contributed by atoms with van der Waals surface area (Å²) in [7, 11) is 3.77. The summed E-state index contributed by atoms with van der Waals surface area (Å²) in [6.45, 7) is 2.33. The maximum atomic E-state index is 6.13. The van der Waals surface area contributed by atoms with Gasteiger partial charge in [0.2, 0.25) is 0 Å². The van der Waals surface area contributed by atoms with Gasteiger partial charge >= 0.3 is 0 Å². The summed E-state index contributed by atoms with van der Waals surface area (Å²) < 4.78 is 5.46. The molecule has 1 aliphatic heterocycles. The zero-order valence-corrected chi connectivity index (χ0v) is 14.6. The summed E-state index contributed by atoms with van der Waals surface area (Å²) in [5, 5.41) is 5.57. The Morgan fingerprint density at radius 2 is 2.15 bits per heavy atom. The van der Waals surface area contributed by atoms with Gasteiger partial charge in [-0.25, -0.2) is 0 Å². The molecule has 2 rings (SSSR count). The molecule has 3 unspecified atom stereocenters. The molecule has 0 aliphatic carbocycles. The van der Waals surface area contributed by atoms with Crippen molar-refractivity contribution in [1.29, 1.82) is 0 Å². The second-order valence-electron chi connectivity index (χ2n) is 4.97. The summed E-state index contributed by atoms with van der Waals surface area (Å²) in [4.78, 5) is 0. The molecule has 1 aliphatic rings. The highest BCUT2D eigenvalue weighted by Crippen LogP contribution is 2.35. The number of ether oxygens (including phenoxy) is 1. The normalized spacial score (nSPS) is 24.4. The predicted molar refractivity (Wildman–Crippen MR) is 92.7 cm³/mol. The maximum absolute atomic E-state index is 6.13. The maximum Gasteiger partial charge on any atom is 0.122 e. The third-order valence-corrected chi connectivity index (χ3v) is 7.17. The van der Waals surface area contributed by atoms with E-state index in [0.717, 1.165) is 17.2 Å². The second-order valence-corrected chi connectivity index (χ2v) is 8.17. The van der Waals surface area contributed by atoms with Crippen molar-refractivity contribution in [3.05, 3.63) is 28.8 Å². The van der Waals surface area contributed by atoms with Crippen molar-refractivity contribution in [2.45, 2.75) is 29.9 Å². The summed E-state index contributed by atoms with van der Waals surface area (Å²) in [5.74, 6) is 3.43. The molecule has 0 radical (unpaired) electrons. The Morgan fingerprint density at radius 3 is 2.80 bits per heavy atom. The van der Waals surface area contributed by atoms with Crippen LogP contribution in [-0.4, -0.2) is 42.2 Å². The van der Waals surface area contributed by atoms with E-state index < -0.39 is 0 Å². The van der Waals surface area contributed by atoms with Gasteiger partial charge in [0.25, 0.3) is 0 Å². The lowest BCUT2D eigenvalue weighted by molar-refractivity contribution is 0.405. The van der Waals surface area contributed by atoms with E-state index in [-0.39, 0.29) is 0 Å². The zero-order valence-electron chi connectivity index (χ0n) is 12.2. The van der Waals surface area contributed by atoms with E-state index in [4.69, 9.17) is 16.3 Å². The molecule has 2 nitrogen and oxygen atoms in total. The van der Waals surface area contributed by atoms with E-state index in [1.807, 2.05) is 25.2 Å². The Hall–Kier alpha value is -0.0300. The fraction of sp³-hybridized carbons (Fsp3) is 0.600. The van der Waals surface area contributed by atoms with Crippen molar-refractivity contribution in [3.8, 4) is 5.75 Å². The van der Waals surface area contributed by atoms with Gasteiger partial charge in [-0.3, -0.25) is 0 Å². The molecule has 20 heavy (non-hydrogen) atoms. The number of hydrogen-bond acceptors (Lipinski definition) is 4. The number of methoxy groups -OCH3 is 1. The fourth-order valence-corrected chi connectivity index (χ4v) is 5.81. The molecule has 5 heteroatoms. The van der Waals surface area contributed by atoms with Gasteiger partial charge in [0.15, 0.2) is 0 Å². The lowest BCUT2D eigenvalue weighted by atomic mass is 10.0.